The first-order valence-electron chi connectivity index (χ1n) is 5.90. The molecule has 0 bridgehead atoms. The predicted molar refractivity (Wildman–Crippen MR) is 68.0 cm³/mol. The largest absolute Gasteiger partial charge is 0.481 e. The summed E-state index contributed by atoms with van der Waals surface area (Å²) in [5.74, 6) is 0.581. The van der Waals surface area contributed by atoms with E-state index in [-0.39, 0.29) is 5.91 Å². The number of hydrogen-bond donors (Lipinski definition) is 2. The molecule has 17 heavy (non-hydrogen) atoms. The Balaban J connectivity index is 2.54. The van der Waals surface area contributed by atoms with Gasteiger partial charge in [-0.1, -0.05) is 19.1 Å². The van der Waals surface area contributed by atoms with Gasteiger partial charge in [-0.05, 0) is 31.0 Å². The van der Waals surface area contributed by atoms with Gasteiger partial charge in [-0.3, -0.25) is 4.79 Å². The first kappa shape index (κ1) is 13.5. The van der Waals surface area contributed by atoms with Gasteiger partial charge in [0.2, 0.25) is 0 Å². The van der Waals surface area contributed by atoms with Gasteiger partial charge >= 0.3 is 0 Å². The first-order chi connectivity index (χ1) is 8.17. The lowest BCUT2D eigenvalue weighted by molar-refractivity contribution is -0.127. The molecule has 1 atom stereocenters. The van der Waals surface area contributed by atoms with Crippen molar-refractivity contribution in [3.8, 4) is 5.75 Å². The van der Waals surface area contributed by atoms with Gasteiger partial charge in [0.1, 0.15) is 5.75 Å². The molecule has 0 saturated carbocycles. The van der Waals surface area contributed by atoms with E-state index in [0.29, 0.717) is 13.1 Å². The smallest absolute Gasteiger partial charge is 0.260 e. The van der Waals surface area contributed by atoms with Crippen LogP contribution in [0.4, 0.5) is 0 Å². The molecule has 0 aliphatic heterocycles. The Kier molecular flexibility index (Phi) is 5.49. The normalized spacial score (nSPS) is 11.9. The molecule has 0 heterocycles. The third-order valence-corrected chi connectivity index (χ3v) is 2.43. The SMILES string of the molecule is CCc1cccc(OC(C)C(=O)NCCN)c1. The van der Waals surface area contributed by atoms with E-state index in [1.165, 1.54) is 5.56 Å². The number of carbonyl (C=O) groups excluding carboxylic acids is 1. The van der Waals surface area contributed by atoms with Crippen molar-refractivity contribution in [2.75, 3.05) is 13.1 Å². The van der Waals surface area contributed by atoms with Crippen molar-refractivity contribution in [2.45, 2.75) is 26.4 Å². The van der Waals surface area contributed by atoms with Gasteiger partial charge < -0.3 is 15.8 Å². The molecular formula is C13H20N2O2. The van der Waals surface area contributed by atoms with E-state index in [1.807, 2.05) is 24.3 Å². The number of hydrogen-bond acceptors (Lipinski definition) is 3. The van der Waals surface area contributed by atoms with Crippen molar-refractivity contribution in [3.05, 3.63) is 29.8 Å². The van der Waals surface area contributed by atoms with E-state index in [1.54, 1.807) is 6.92 Å². The second-order valence-electron chi connectivity index (χ2n) is 3.84. The number of amides is 1. The summed E-state index contributed by atoms with van der Waals surface area (Å²) < 4.78 is 5.56. The summed E-state index contributed by atoms with van der Waals surface area (Å²) in [6, 6.07) is 7.77. The molecule has 1 unspecified atom stereocenters. The average Bonchev–Trinajstić information content (AvgIpc) is 2.36. The van der Waals surface area contributed by atoms with Gasteiger partial charge in [-0.25, -0.2) is 0 Å². The number of aryl methyl sites for hydroxylation is 1. The lowest BCUT2D eigenvalue weighted by atomic mass is 10.2. The van der Waals surface area contributed by atoms with Crippen LogP contribution >= 0.6 is 0 Å². The first-order valence-corrected chi connectivity index (χ1v) is 5.90. The van der Waals surface area contributed by atoms with Crippen LogP contribution in [0.25, 0.3) is 0 Å². The van der Waals surface area contributed by atoms with Gasteiger partial charge in [0.05, 0.1) is 0 Å². The number of nitrogens with two attached hydrogens (primary N) is 1. The molecule has 1 aromatic rings. The number of nitrogens with one attached hydrogen (secondary N) is 1. The summed E-state index contributed by atoms with van der Waals surface area (Å²) in [5, 5.41) is 2.69. The Bertz CT molecular complexity index is 366. The Hall–Kier alpha value is -1.55. The van der Waals surface area contributed by atoms with E-state index < -0.39 is 6.10 Å². The molecule has 0 spiro atoms. The van der Waals surface area contributed by atoms with Gasteiger partial charge in [0.25, 0.3) is 5.91 Å². The average molecular weight is 236 g/mol. The highest BCUT2D eigenvalue weighted by Crippen LogP contribution is 2.15. The van der Waals surface area contributed by atoms with Crippen molar-refractivity contribution < 1.29 is 9.53 Å². The van der Waals surface area contributed by atoms with Crippen LogP contribution < -0.4 is 15.8 Å². The molecule has 4 heteroatoms. The Morgan fingerprint density at radius 1 is 1.53 bits per heavy atom. The van der Waals surface area contributed by atoms with Crippen LogP contribution in [0.3, 0.4) is 0 Å². The Morgan fingerprint density at radius 3 is 2.94 bits per heavy atom. The fourth-order valence-corrected chi connectivity index (χ4v) is 1.44. The minimum atomic E-state index is -0.506. The van der Waals surface area contributed by atoms with Crippen molar-refractivity contribution >= 4 is 5.91 Å². The molecule has 0 aromatic heterocycles. The van der Waals surface area contributed by atoms with Crippen molar-refractivity contribution in [2.24, 2.45) is 5.73 Å². The summed E-state index contributed by atoms with van der Waals surface area (Å²) in [5.41, 5.74) is 6.50. The fraction of sp³-hybridized carbons (Fsp3) is 0.462. The maximum atomic E-state index is 11.6. The zero-order chi connectivity index (χ0) is 12.7. The molecule has 3 N–H and O–H groups in total. The number of carbonyl (C=O) groups is 1. The Morgan fingerprint density at radius 2 is 2.29 bits per heavy atom. The number of rotatable bonds is 6. The van der Waals surface area contributed by atoms with E-state index in [9.17, 15) is 4.79 Å². The molecule has 1 amide bonds. The molecule has 1 rings (SSSR count). The maximum absolute atomic E-state index is 11.6. The highest BCUT2D eigenvalue weighted by molar-refractivity contribution is 5.80. The van der Waals surface area contributed by atoms with Gasteiger partial charge in [0, 0.05) is 13.1 Å². The van der Waals surface area contributed by atoms with Crippen LogP contribution in [0.15, 0.2) is 24.3 Å². The van der Waals surface area contributed by atoms with Crippen molar-refractivity contribution in [3.63, 3.8) is 0 Å². The second-order valence-corrected chi connectivity index (χ2v) is 3.84. The summed E-state index contributed by atoms with van der Waals surface area (Å²) in [7, 11) is 0. The van der Waals surface area contributed by atoms with Gasteiger partial charge in [-0.2, -0.15) is 0 Å². The van der Waals surface area contributed by atoms with Gasteiger partial charge in [-0.15, -0.1) is 0 Å². The second kappa shape index (κ2) is 6.91. The van der Waals surface area contributed by atoms with E-state index >= 15 is 0 Å². The maximum Gasteiger partial charge on any atom is 0.260 e. The Labute approximate surface area is 102 Å². The number of benzene rings is 1. The summed E-state index contributed by atoms with van der Waals surface area (Å²) in [6.45, 7) is 4.71. The van der Waals surface area contributed by atoms with Crippen molar-refractivity contribution in [1.29, 1.82) is 0 Å². The van der Waals surface area contributed by atoms with Gasteiger partial charge in [0.15, 0.2) is 6.10 Å². The summed E-state index contributed by atoms with van der Waals surface area (Å²) in [6.07, 6.45) is 0.443. The monoisotopic (exact) mass is 236 g/mol. The standard InChI is InChI=1S/C13H20N2O2/c1-3-11-5-4-6-12(9-11)17-10(2)13(16)15-8-7-14/h4-6,9-10H,3,7-8,14H2,1-2H3,(H,15,16). The predicted octanol–water partition coefficient (Wildman–Crippen LogP) is 1.09. The van der Waals surface area contributed by atoms with Crippen LogP contribution in [0.1, 0.15) is 19.4 Å². The molecule has 4 nitrogen and oxygen atoms in total. The van der Waals surface area contributed by atoms with E-state index in [4.69, 9.17) is 10.5 Å². The van der Waals surface area contributed by atoms with Crippen LogP contribution in [0.5, 0.6) is 5.75 Å². The molecule has 0 aliphatic carbocycles. The van der Waals surface area contributed by atoms with Crippen molar-refractivity contribution in [1.82, 2.24) is 5.32 Å². The summed E-state index contributed by atoms with van der Waals surface area (Å²) >= 11 is 0. The van der Waals surface area contributed by atoms with Crippen LogP contribution in [-0.2, 0) is 11.2 Å². The fourth-order valence-electron chi connectivity index (χ4n) is 1.44. The highest BCUT2D eigenvalue weighted by atomic mass is 16.5. The summed E-state index contributed by atoms with van der Waals surface area (Å²) in [4.78, 5) is 11.6. The molecule has 94 valence electrons. The minimum Gasteiger partial charge on any atom is -0.481 e. The third kappa shape index (κ3) is 4.44. The van der Waals surface area contributed by atoms with Crippen LogP contribution in [-0.4, -0.2) is 25.1 Å². The molecule has 0 aliphatic rings. The van der Waals surface area contributed by atoms with E-state index in [0.717, 1.165) is 12.2 Å². The van der Waals surface area contributed by atoms with E-state index in [2.05, 4.69) is 12.2 Å². The lowest BCUT2D eigenvalue weighted by Gasteiger charge is -2.14. The third-order valence-electron chi connectivity index (χ3n) is 2.43. The molecule has 1 aromatic carbocycles. The number of ether oxygens (including phenoxy) is 1. The highest BCUT2D eigenvalue weighted by Gasteiger charge is 2.13. The minimum absolute atomic E-state index is 0.141. The molecule has 0 radical (unpaired) electrons. The van der Waals surface area contributed by atoms with Crippen LogP contribution in [0, 0.1) is 0 Å². The topological polar surface area (TPSA) is 64.3 Å². The zero-order valence-corrected chi connectivity index (χ0v) is 10.4. The molecule has 0 fully saturated rings. The molecule has 0 saturated heterocycles. The zero-order valence-electron chi connectivity index (χ0n) is 10.4. The lowest BCUT2D eigenvalue weighted by Crippen LogP contribution is -2.38. The molecular weight excluding hydrogens is 216 g/mol. The van der Waals surface area contributed by atoms with Crippen LogP contribution in [0.2, 0.25) is 0 Å². The quantitative estimate of drug-likeness (QED) is 0.777.